The molecule has 2 N–H and O–H groups in total. The van der Waals surface area contributed by atoms with E-state index in [0.29, 0.717) is 6.04 Å². The zero-order chi connectivity index (χ0) is 17.6. The second-order valence-corrected chi connectivity index (χ2v) is 7.45. The van der Waals surface area contributed by atoms with Gasteiger partial charge in [0.05, 0.1) is 12.5 Å². The van der Waals surface area contributed by atoms with E-state index in [1.807, 2.05) is 4.90 Å². The van der Waals surface area contributed by atoms with E-state index in [-0.39, 0.29) is 42.6 Å². The highest BCUT2D eigenvalue weighted by Crippen LogP contribution is 2.50. The predicted octanol–water partition coefficient (Wildman–Crippen LogP) is 3.32. The van der Waals surface area contributed by atoms with E-state index >= 15 is 0 Å². The number of fused-ring (bicyclic) bond motifs is 2. The maximum absolute atomic E-state index is 13.9. The second kappa shape index (κ2) is 6.32. The predicted molar refractivity (Wildman–Crippen MR) is 90.6 cm³/mol. The Labute approximate surface area is 146 Å². The van der Waals surface area contributed by atoms with E-state index in [1.54, 1.807) is 12.1 Å². The van der Waals surface area contributed by atoms with Crippen LogP contribution < -0.4 is 5.32 Å². The van der Waals surface area contributed by atoms with Crippen molar-refractivity contribution in [1.82, 2.24) is 4.90 Å². The number of amides is 1. The van der Waals surface area contributed by atoms with Gasteiger partial charge < -0.3 is 15.3 Å². The minimum atomic E-state index is -0.959. The van der Waals surface area contributed by atoms with Crippen molar-refractivity contribution in [3.63, 3.8) is 0 Å². The molecule has 6 heteroatoms. The summed E-state index contributed by atoms with van der Waals surface area (Å²) in [6.45, 7) is 0. The SMILES string of the molecule is O=C(O)CCC(=O)N(C1CC1)[C@H]1c2cc(F)ccc2N[C@H]2CCC[C@H]21. The molecular weight excluding hydrogens is 323 g/mol. The molecule has 134 valence electrons. The van der Waals surface area contributed by atoms with E-state index in [1.165, 1.54) is 6.07 Å². The summed E-state index contributed by atoms with van der Waals surface area (Å²) in [4.78, 5) is 25.6. The van der Waals surface area contributed by atoms with Gasteiger partial charge in [-0.1, -0.05) is 6.42 Å². The Morgan fingerprint density at radius 1 is 1.20 bits per heavy atom. The molecule has 4 rings (SSSR count). The summed E-state index contributed by atoms with van der Waals surface area (Å²) in [6, 6.07) is 5.08. The zero-order valence-electron chi connectivity index (χ0n) is 14.1. The molecule has 0 bridgehead atoms. The van der Waals surface area contributed by atoms with E-state index in [4.69, 9.17) is 5.11 Å². The number of aliphatic carboxylic acids is 1. The van der Waals surface area contributed by atoms with Crippen LogP contribution >= 0.6 is 0 Å². The number of hydrogen-bond acceptors (Lipinski definition) is 3. The largest absolute Gasteiger partial charge is 0.481 e. The van der Waals surface area contributed by atoms with Gasteiger partial charge in [-0.3, -0.25) is 9.59 Å². The fraction of sp³-hybridized carbons (Fsp3) is 0.579. The van der Waals surface area contributed by atoms with Crippen LogP contribution in [-0.4, -0.2) is 34.0 Å². The molecule has 5 nitrogen and oxygen atoms in total. The molecule has 1 heterocycles. The molecule has 0 unspecified atom stereocenters. The molecule has 0 saturated heterocycles. The first-order valence-corrected chi connectivity index (χ1v) is 9.13. The van der Waals surface area contributed by atoms with Crippen molar-refractivity contribution in [3.05, 3.63) is 29.6 Å². The van der Waals surface area contributed by atoms with Crippen LogP contribution in [0.4, 0.5) is 10.1 Å². The number of rotatable bonds is 5. The molecule has 1 aromatic carbocycles. The molecule has 1 aliphatic heterocycles. The zero-order valence-corrected chi connectivity index (χ0v) is 14.1. The minimum absolute atomic E-state index is 0.0117. The van der Waals surface area contributed by atoms with Crippen LogP contribution in [0, 0.1) is 11.7 Å². The van der Waals surface area contributed by atoms with Crippen molar-refractivity contribution >= 4 is 17.6 Å². The molecule has 0 radical (unpaired) electrons. The van der Waals surface area contributed by atoms with Crippen LogP contribution in [0.15, 0.2) is 18.2 Å². The number of hydrogen-bond donors (Lipinski definition) is 2. The van der Waals surface area contributed by atoms with Gasteiger partial charge in [-0.2, -0.15) is 0 Å². The van der Waals surface area contributed by atoms with Crippen LogP contribution in [0.5, 0.6) is 0 Å². The maximum atomic E-state index is 13.9. The summed E-state index contributed by atoms with van der Waals surface area (Å²) in [5, 5.41) is 12.4. The first-order chi connectivity index (χ1) is 12.0. The lowest BCUT2D eigenvalue weighted by molar-refractivity contribution is -0.142. The van der Waals surface area contributed by atoms with E-state index in [2.05, 4.69) is 5.32 Å². The Balaban J connectivity index is 1.70. The molecule has 2 saturated carbocycles. The van der Waals surface area contributed by atoms with Gasteiger partial charge in [-0.25, -0.2) is 4.39 Å². The molecule has 0 spiro atoms. The average Bonchev–Trinajstić information content (AvgIpc) is 3.30. The standard InChI is InChI=1S/C19H23FN2O3/c20-11-4-7-16-14(10-11)19(13-2-1-3-15(13)21-16)22(12-5-6-12)17(23)8-9-18(24)25/h4,7,10,12-13,15,19,21H,1-3,5-6,8-9H2,(H,24,25)/t13-,15+,19-/m1/s1. The minimum Gasteiger partial charge on any atom is -0.481 e. The molecular formula is C19H23FN2O3. The van der Waals surface area contributed by atoms with Gasteiger partial charge >= 0.3 is 5.97 Å². The first kappa shape index (κ1) is 16.4. The van der Waals surface area contributed by atoms with Crippen molar-refractivity contribution in [1.29, 1.82) is 0 Å². The Bertz CT molecular complexity index is 704. The topological polar surface area (TPSA) is 69.6 Å². The summed E-state index contributed by atoms with van der Waals surface area (Å²) in [5.41, 5.74) is 1.75. The lowest BCUT2D eigenvalue weighted by Crippen LogP contribution is -2.46. The van der Waals surface area contributed by atoms with Crippen LogP contribution in [0.2, 0.25) is 0 Å². The van der Waals surface area contributed by atoms with Gasteiger partial charge in [0.1, 0.15) is 5.82 Å². The molecule has 25 heavy (non-hydrogen) atoms. The van der Waals surface area contributed by atoms with Crippen LogP contribution in [0.3, 0.4) is 0 Å². The third kappa shape index (κ3) is 3.10. The number of nitrogens with one attached hydrogen (secondary N) is 1. The van der Waals surface area contributed by atoms with Gasteiger partial charge in [0.25, 0.3) is 0 Å². The number of anilines is 1. The highest BCUT2D eigenvalue weighted by molar-refractivity contribution is 5.82. The summed E-state index contributed by atoms with van der Waals surface area (Å²) in [7, 11) is 0. The highest BCUT2D eigenvalue weighted by Gasteiger charge is 2.47. The van der Waals surface area contributed by atoms with Gasteiger partial charge in [-0.15, -0.1) is 0 Å². The Hall–Kier alpha value is -2.11. The quantitative estimate of drug-likeness (QED) is 0.858. The Morgan fingerprint density at radius 3 is 2.72 bits per heavy atom. The fourth-order valence-corrected chi connectivity index (χ4v) is 4.52. The van der Waals surface area contributed by atoms with Crippen molar-refractivity contribution in [2.24, 2.45) is 5.92 Å². The summed E-state index contributed by atoms with van der Waals surface area (Å²) < 4.78 is 13.9. The third-order valence-corrected chi connectivity index (χ3v) is 5.73. The average molecular weight is 346 g/mol. The second-order valence-electron chi connectivity index (χ2n) is 7.45. The number of benzene rings is 1. The van der Waals surface area contributed by atoms with E-state index in [0.717, 1.165) is 43.4 Å². The first-order valence-electron chi connectivity index (χ1n) is 9.13. The molecule has 2 aliphatic carbocycles. The molecule has 0 aromatic heterocycles. The number of carboxylic acid groups (broad SMARTS) is 1. The van der Waals surface area contributed by atoms with Crippen LogP contribution in [0.25, 0.3) is 0 Å². The molecule has 3 atom stereocenters. The molecule has 3 aliphatic rings. The lowest BCUT2D eigenvalue weighted by atomic mass is 9.82. The van der Waals surface area contributed by atoms with Crippen LogP contribution in [0.1, 0.15) is 56.6 Å². The Kier molecular flexibility index (Phi) is 4.13. The number of halogens is 1. The molecule has 1 aromatic rings. The van der Waals surface area contributed by atoms with Crippen molar-refractivity contribution in [3.8, 4) is 0 Å². The highest BCUT2D eigenvalue weighted by atomic mass is 19.1. The normalized spacial score (nSPS) is 27.2. The maximum Gasteiger partial charge on any atom is 0.303 e. The fourth-order valence-electron chi connectivity index (χ4n) is 4.52. The number of nitrogens with zero attached hydrogens (tertiary/aromatic N) is 1. The smallest absolute Gasteiger partial charge is 0.303 e. The van der Waals surface area contributed by atoms with Crippen molar-refractivity contribution < 1.29 is 19.1 Å². The van der Waals surface area contributed by atoms with E-state index in [9.17, 15) is 14.0 Å². The summed E-state index contributed by atoms with van der Waals surface area (Å²) in [6.07, 6.45) is 4.91. The van der Waals surface area contributed by atoms with Gasteiger partial charge in [0, 0.05) is 35.7 Å². The van der Waals surface area contributed by atoms with E-state index < -0.39 is 5.97 Å². The van der Waals surface area contributed by atoms with Gasteiger partial charge in [-0.05, 0) is 43.9 Å². The molecule has 1 amide bonds. The number of carboxylic acids is 1. The van der Waals surface area contributed by atoms with Crippen LogP contribution in [-0.2, 0) is 9.59 Å². The van der Waals surface area contributed by atoms with Crippen molar-refractivity contribution in [2.75, 3.05) is 5.32 Å². The summed E-state index contributed by atoms with van der Waals surface area (Å²) in [5.74, 6) is -1.10. The Morgan fingerprint density at radius 2 is 2.00 bits per heavy atom. The monoisotopic (exact) mass is 346 g/mol. The van der Waals surface area contributed by atoms with Gasteiger partial charge in [0.2, 0.25) is 5.91 Å². The summed E-state index contributed by atoms with van der Waals surface area (Å²) >= 11 is 0. The third-order valence-electron chi connectivity index (χ3n) is 5.73. The molecule has 2 fully saturated rings. The number of carbonyl (C=O) groups excluding carboxylic acids is 1. The van der Waals surface area contributed by atoms with Crippen molar-refractivity contribution in [2.45, 2.75) is 63.1 Å². The lowest BCUT2D eigenvalue weighted by Gasteiger charge is -2.43. The van der Waals surface area contributed by atoms with Gasteiger partial charge in [0.15, 0.2) is 0 Å². The number of carbonyl (C=O) groups is 2.